The topological polar surface area (TPSA) is 99.6 Å². The number of likely N-dealkylation sites (tertiary alicyclic amines) is 1. The van der Waals surface area contributed by atoms with E-state index in [0.717, 1.165) is 6.41 Å². The number of nitrogens with one attached hydrogen (secondary N) is 2. The lowest BCUT2D eigenvalue weighted by Gasteiger charge is -2.38. The molecule has 2 heterocycles. The molecule has 0 radical (unpaired) electrons. The molecule has 1 aromatic carbocycles. The average Bonchev–Trinajstić information content (AvgIpc) is 2.70. The van der Waals surface area contributed by atoms with Gasteiger partial charge in [-0.05, 0) is 25.0 Å². The number of methoxy groups -OCH3 is 1. The van der Waals surface area contributed by atoms with Crippen LogP contribution < -0.4 is 15.4 Å². The summed E-state index contributed by atoms with van der Waals surface area (Å²) in [5, 5.41) is 18.0. The summed E-state index contributed by atoms with van der Waals surface area (Å²) in [6.07, 6.45) is 4.80. The monoisotopic (exact) mass is 391 g/mol. The van der Waals surface area contributed by atoms with Crippen molar-refractivity contribution in [3.63, 3.8) is 0 Å². The molecule has 1 amide bonds. The van der Waals surface area contributed by atoms with Crippen LogP contribution in [-0.4, -0.2) is 53.6 Å². The molecule has 2 aromatic rings. The number of aliphatic hydroxyl groups is 1. The van der Waals surface area contributed by atoms with Gasteiger partial charge < -0.3 is 25.4 Å². The number of benzene rings is 1. The average molecular weight is 392 g/mol. The predicted octanol–water partition coefficient (Wildman–Crippen LogP) is 2.36. The van der Waals surface area contributed by atoms with E-state index < -0.39 is 5.60 Å². The Balaban J connectivity index is 2.11. The summed E-state index contributed by atoms with van der Waals surface area (Å²) < 4.78 is 5.60. The van der Waals surface area contributed by atoms with E-state index in [1.807, 2.05) is 0 Å². The Morgan fingerprint density at radius 3 is 2.52 bits per heavy atom. The second-order valence-electron chi connectivity index (χ2n) is 6.31. The van der Waals surface area contributed by atoms with Crippen LogP contribution in [0, 0.1) is 0 Å². The van der Waals surface area contributed by atoms with Crippen LogP contribution >= 0.6 is 11.6 Å². The summed E-state index contributed by atoms with van der Waals surface area (Å²) >= 11 is 6.45. The Labute approximate surface area is 162 Å². The number of carbonyl (C=O) groups excluding carboxylic acids is 1. The maximum absolute atomic E-state index is 11.4. The van der Waals surface area contributed by atoms with Crippen LogP contribution in [0.3, 0.4) is 0 Å². The number of ether oxygens (including phenoxy) is 1. The van der Waals surface area contributed by atoms with E-state index in [1.54, 1.807) is 36.5 Å². The van der Waals surface area contributed by atoms with E-state index in [1.165, 1.54) is 7.11 Å². The summed E-state index contributed by atoms with van der Waals surface area (Å²) in [6, 6.07) is 3.44. The van der Waals surface area contributed by atoms with Crippen LogP contribution in [0.1, 0.15) is 18.4 Å². The smallest absolute Gasteiger partial charge is 0.227 e. The number of aromatic nitrogens is 2. The quantitative estimate of drug-likeness (QED) is 0.650. The molecule has 1 saturated heterocycles. The van der Waals surface area contributed by atoms with Gasteiger partial charge in [-0.1, -0.05) is 11.6 Å². The minimum absolute atomic E-state index is 0.371. The maximum atomic E-state index is 11.4. The van der Waals surface area contributed by atoms with Crippen LogP contribution in [0.4, 0.5) is 17.3 Å². The minimum Gasteiger partial charge on any atom is -0.492 e. The molecule has 0 saturated carbocycles. The Morgan fingerprint density at radius 1 is 1.30 bits per heavy atom. The molecule has 1 aliphatic rings. The lowest BCUT2D eigenvalue weighted by atomic mass is 9.83. The van der Waals surface area contributed by atoms with Crippen molar-refractivity contribution in [1.82, 2.24) is 14.9 Å². The molecule has 3 N–H and O–H groups in total. The van der Waals surface area contributed by atoms with Crippen molar-refractivity contribution in [2.75, 3.05) is 37.9 Å². The van der Waals surface area contributed by atoms with Crippen molar-refractivity contribution in [2.24, 2.45) is 0 Å². The van der Waals surface area contributed by atoms with Gasteiger partial charge in [-0.25, -0.2) is 9.97 Å². The molecule has 0 unspecified atom stereocenters. The molecule has 0 bridgehead atoms. The molecule has 27 heavy (non-hydrogen) atoms. The van der Waals surface area contributed by atoms with Gasteiger partial charge in [0.1, 0.15) is 0 Å². The first-order valence-corrected chi connectivity index (χ1v) is 8.94. The first kappa shape index (κ1) is 19.2. The van der Waals surface area contributed by atoms with E-state index in [4.69, 9.17) is 16.3 Å². The third kappa shape index (κ3) is 3.77. The minimum atomic E-state index is -1.17. The summed E-state index contributed by atoms with van der Waals surface area (Å²) in [5.74, 6) is 0.828. The molecular formula is C18H22ClN5O3. The molecule has 8 nitrogen and oxygen atoms in total. The van der Waals surface area contributed by atoms with E-state index in [-0.39, 0.29) is 0 Å². The van der Waals surface area contributed by atoms with Gasteiger partial charge in [0.25, 0.3) is 0 Å². The highest BCUT2D eigenvalue weighted by molar-refractivity contribution is 6.34. The number of hydrogen-bond acceptors (Lipinski definition) is 7. The number of anilines is 3. The van der Waals surface area contributed by atoms with Crippen LogP contribution in [0.25, 0.3) is 0 Å². The number of amides is 1. The number of nitrogens with zero attached hydrogens (tertiary/aromatic N) is 3. The molecule has 1 fully saturated rings. The van der Waals surface area contributed by atoms with E-state index in [9.17, 15) is 9.90 Å². The summed E-state index contributed by atoms with van der Waals surface area (Å²) in [6.45, 7) is 0.907. The normalized spacial score (nSPS) is 15.9. The maximum Gasteiger partial charge on any atom is 0.227 e. The third-order valence-electron chi connectivity index (χ3n) is 4.77. The van der Waals surface area contributed by atoms with Crippen LogP contribution in [0.2, 0.25) is 5.02 Å². The van der Waals surface area contributed by atoms with Gasteiger partial charge >= 0.3 is 0 Å². The number of hydrogen-bond donors (Lipinski definition) is 3. The summed E-state index contributed by atoms with van der Waals surface area (Å²) in [5.41, 5.74) is 0.552. The molecule has 1 aliphatic heterocycles. The Morgan fingerprint density at radius 2 is 1.96 bits per heavy atom. The van der Waals surface area contributed by atoms with Crippen molar-refractivity contribution in [3.05, 3.63) is 35.1 Å². The van der Waals surface area contributed by atoms with E-state index >= 15 is 0 Å². The first-order valence-electron chi connectivity index (χ1n) is 8.57. The van der Waals surface area contributed by atoms with Gasteiger partial charge in [-0.15, -0.1) is 0 Å². The molecule has 0 atom stereocenters. The SMILES string of the molecule is CNc1c(Cl)cc(C2(O)CCN(C=O)CC2)c(Nc2ncccn2)c1OC. The van der Waals surface area contributed by atoms with Gasteiger partial charge in [0, 0.05) is 38.1 Å². The first-order chi connectivity index (χ1) is 13.0. The molecule has 0 spiro atoms. The fourth-order valence-corrected chi connectivity index (χ4v) is 3.59. The molecule has 144 valence electrons. The number of carbonyl (C=O) groups is 1. The van der Waals surface area contributed by atoms with Gasteiger partial charge in [0.15, 0.2) is 5.75 Å². The molecule has 3 rings (SSSR count). The second kappa shape index (κ2) is 7.98. The van der Waals surface area contributed by atoms with E-state index in [0.29, 0.717) is 59.6 Å². The fraction of sp³-hybridized carbons (Fsp3) is 0.389. The lowest BCUT2D eigenvalue weighted by molar-refractivity contribution is -0.122. The highest BCUT2D eigenvalue weighted by atomic mass is 35.5. The van der Waals surface area contributed by atoms with Crippen LogP contribution in [0.15, 0.2) is 24.5 Å². The zero-order chi connectivity index (χ0) is 19.4. The van der Waals surface area contributed by atoms with Crippen molar-refractivity contribution < 1.29 is 14.6 Å². The fourth-order valence-electron chi connectivity index (χ4n) is 3.30. The van der Waals surface area contributed by atoms with Gasteiger partial charge in [0.05, 0.1) is 29.1 Å². The lowest BCUT2D eigenvalue weighted by Crippen LogP contribution is -2.42. The van der Waals surface area contributed by atoms with Gasteiger partial charge in [0.2, 0.25) is 12.4 Å². The Bertz CT molecular complexity index is 810. The van der Waals surface area contributed by atoms with Gasteiger partial charge in [-0.2, -0.15) is 0 Å². The summed E-state index contributed by atoms with van der Waals surface area (Å²) in [4.78, 5) is 21.0. The van der Waals surface area contributed by atoms with Crippen molar-refractivity contribution >= 4 is 35.3 Å². The third-order valence-corrected chi connectivity index (χ3v) is 5.06. The van der Waals surface area contributed by atoms with Crippen molar-refractivity contribution in [2.45, 2.75) is 18.4 Å². The van der Waals surface area contributed by atoms with Gasteiger partial charge in [-0.3, -0.25) is 4.79 Å². The Hall–Kier alpha value is -2.58. The molecule has 0 aliphatic carbocycles. The number of halogens is 1. The number of rotatable bonds is 6. The molecule has 9 heteroatoms. The van der Waals surface area contributed by atoms with E-state index in [2.05, 4.69) is 20.6 Å². The van der Waals surface area contributed by atoms with Crippen LogP contribution in [-0.2, 0) is 10.4 Å². The number of piperidine rings is 1. The highest BCUT2D eigenvalue weighted by Gasteiger charge is 2.38. The second-order valence-corrected chi connectivity index (χ2v) is 6.72. The zero-order valence-electron chi connectivity index (χ0n) is 15.2. The largest absolute Gasteiger partial charge is 0.492 e. The predicted molar refractivity (Wildman–Crippen MR) is 104 cm³/mol. The summed E-state index contributed by atoms with van der Waals surface area (Å²) in [7, 11) is 3.27. The zero-order valence-corrected chi connectivity index (χ0v) is 16.0. The Kier molecular flexibility index (Phi) is 5.67. The van der Waals surface area contributed by atoms with Crippen LogP contribution in [0.5, 0.6) is 5.75 Å². The van der Waals surface area contributed by atoms with Crippen molar-refractivity contribution in [3.8, 4) is 5.75 Å². The standard InChI is InChI=1S/C18H22ClN5O3/c1-20-15-13(19)10-12(18(26)4-8-24(11-25)9-5-18)14(16(15)27-2)23-17-21-6-3-7-22-17/h3,6-7,10-11,20,26H,4-5,8-9H2,1-2H3,(H,21,22,23). The highest BCUT2D eigenvalue weighted by Crippen LogP contribution is 2.48. The van der Waals surface area contributed by atoms with Crippen molar-refractivity contribution in [1.29, 1.82) is 0 Å². The molecule has 1 aromatic heterocycles. The molecular weight excluding hydrogens is 370 g/mol.